The van der Waals surface area contributed by atoms with Crippen LogP contribution in [0.2, 0.25) is 0 Å². The Bertz CT molecular complexity index is 525. The quantitative estimate of drug-likeness (QED) is 0.892. The molecule has 0 aliphatic heterocycles. The second-order valence-electron chi connectivity index (χ2n) is 5.23. The van der Waals surface area contributed by atoms with Crippen LogP contribution >= 0.6 is 11.3 Å². The molecule has 0 saturated heterocycles. The molecule has 3 heteroatoms. The summed E-state index contributed by atoms with van der Waals surface area (Å²) >= 11 is 1.75. The van der Waals surface area contributed by atoms with Gasteiger partial charge in [-0.15, -0.1) is 11.3 Å². The van der Waals surface area contributed by atoms with Crippen molar-refractivity contribution in [3.63, 3.8) is 0 Å². The van der Waals surface area contributed by atoms with Gasteiger partial charge in [-0.2, -0.15) is 0 Å². The third kappa shape index (κ3) is 4.15. The first-order valence-electron chi connectivity index (χ1n) is 6.77. The van der Waals surface area contributed by atoms with E-state index in [4.69, 9.17) is 0 Å². The van der Waals surface area contributed by atoms with Crippen LogP contribution in [0, 0.1) is 20.8 Å². The number of thiazole rings is 1. The second kappa shape index (κ2) is 6.31. The highest BCUT2D eigenvalue weighted by Gasteiger charge is 2.06. The van der Waals surface area contributed by atoms with Crippen molar-refractivity contribution >= 4 is 11.3 Å². The summed E-state index contributed by atoms with van der Waals surface area (Å²) < 4.78 is 0. The van der Waals surface area contributed by atoms with Crippen LogP contribution < -0.4 is 5.32 Å². The summed E-state index contributed by atoms with van der Waals surface area (Å²) in [6.45, 7) is 9.55. The Balaban J connectivity index is 1.88. The molecule has 0 fully saturated rings. The molecule has 0 saturated carbocycles. The molecule has 2 nitrogen and oxygen atoms in total. The van der Waals surface area contributed by atoms with E-state index in [1.165, 1.54) is 21.7 Å². The van der Waals surface area contributed by atoms with E-state index < -0.39 is 0 Å². The molecule has 2 aromatic rings. The predicted molar refractivity (Wildman–Crippen MR) is 82.9 cm³/mol. The summed E-state index contributed by atoms with van der Waals surface area (Å²) in [5, 5.41) is 6.91. The molecular weight excluding hydrogens is 252 g/mol. The fourth-order valence-corrected chi connectivity index (χ4v) is 3.07. The molecule has 0 aliphatic carbocycles. The largest absolute Gasteiger partial charge is 0.310 e. The summed E-state index contributed by atoms with van der Waals surface area (Å²) in [6.07, 6.45) is 1.01. The average Bonchev–Trinajstić information content (AvgIpc) is 2.73. The van der Waals surface area contributed by atoms with Crippen LogP contribution in [-0.4, -0.2) is 11.5 Å². The lowest BCUT2D eigenvalue weighted by Crippen LogP contribution is -2.21. The number of nitrogens with one attached hydrogen (secondary N) is 1. The number of hydrogen-bond donors (Lipinski definition) is 1. The van der Waals surface area contributed by atoms with E-state index in [0.29, 0.717) is 6.04 Å². The molecule has 1 aromatic carbocycles. The fraction of sp³-hybridized carbons (Fsp3) is 0.438. The predicted octanol–water partition coefficient (Wildman–Crippen LogP) is 3.96. The molecule has 0 radical (unpaired) electrons. The zero-order valence-corrected chi connectivity index (χ0v) is 13.0. The van der Waals surface area contributed by atoms with Gasteiger partial charge in [0.2, 0.25) is 0 Å². The van der Waals surface area contributed by atoms with Gasteiger partial charge in [0.05, 0.1) is 5.01 Å². The Kier molecular flexibility index (Phi) is 4.72. The normalized spacial score (nSPS) is 12.6. The molecule has 1 heterocycles. The summed E-state index contributed by atoms with van der Waals surface area (Å²) in [6, 6.07) is 7.13. The monoisotopic (exact) mass is 274 g/mol. The second-order valence-corrected chi connectivity index (χ2v) is 6.17. The van der Waals surface area contributed by atoms with Gasteiger partial charge in [-0.05, 0) is 33.3 Å². The molecule has 1 unspecified atom stereocenters. The lowest BCUT2D eigenvalue weighted by atomic mass is 10.0. The van der Waals surface area contributed by atoms with Gasteiger partial charge >= 0.3 is 0 Å². The van der Waals surface area contributed by atoms with Gasteiger partial charge in [-0.1, -0.05) is 29.3 Å². The Morgan fingerprint density at radius 2 is 1.84 bits per heavy atom. The van der Waals surface area contributed by atoms with Gasteiger partial charge in [0.1, 0.15) is 0 Å². The molecule has 1 N–H and O–H groups in total. The molecule has 19 heavy (non-hydrogen) atoms. The Hall–Kier alpha value is -1.19. The van der Waals surface area contributed by atoms with Crippen LogP contribution in [-0.2, 0) is 6.42 Å². The topological polar surface area (TPSA) is 24.9 Å². The molecule has 0 aliphatic rings. The van der Waals surface area contributed by atoms with Crippen molar-refractivity contribution in [2.75, 3.05) is 6.54 Å². The SMILES string of the molecule is Cc1cc(C)cc(C(C)NCCc2nc(C)cs2)c1. The number of benzene rings is 1. The maximum atomic E-state index is 4.49. The van der Waals surface area contributed by atoms with E-state index in [1.54, 1.807) is 11.3 Å². The Morgan fingerprint density at radius 3 is 2.42 bits per heavy atom. The van der Waals surface area contributed by atoms with Crippen molar-refractivity contribution in [1.29, 1.82) is 0 Å². The molecule has 1 aromatic heterocycles. The lowest BCUT2D eigenvalue weighted by molar-refractivity contribution is 0.575. The van der Waals surface area contributed by atoms with Crippen LogP contribution in [0.5, 0.6) is 0 Å². The minimum Gasteiger partial charge on any atom is -0.310 e. The first-order chi connectivity index (χ1) is 9.04. The van der Waals surface area contributed by atoms with Gasteiger partial charge in [-0.3, -0.25) is 0 Å². The highest BCUT2D eigenvalue weighted by molar-refractivity contribution is 7.09. The van der Waals surface area contributed by atoms with E-state index in [-0.39, 0.29) is 0 Å². The minimum absolute atomic E-state index is 0.389. The molecule has 102 valence electrons. The van der Waals surface area contributed by atoms with E-state index >= 15 is 0 Å². The van der Waals surface area contributed by atoms with Crippen molar-refractivity contribution in [2.24, 2.45) is 0 Å². The summed E-state index contributed by atoms with van der Waals surface area (Å²) in [4.78, 5) is 4.49. The smallest absolute Gasteiger partial charge is 0.0940 e. The van der Waals surface area contributed by atoms with Crippen molar-refractivity contribution in [1.82, 2.24) is 10.3 Å². The van der Waals surface area contributed by atoms with Gasteiger partial charge < -0.3 is 5.32 Å². The van der Waals surface area contributed by atoms with Crippen molar-refractivity contribution in [3.05, 3.63) is 51.0 Å². The summed E-state index contributed by atoms with van der Waals surface area (Å²) in [5.41, 5.74) is 5.16. The van der Waals surface area contributed by atoms with Crippen LogP contribution in [0.3, 0.4) is 0 Å². The summed E-state index contributed by atoms with van der Waals surface area (Å²) in [7, 11) is 0. The standard InChI is InChI=1S/C16H22N2S/c1-11-7-12(2)9-15(8-11)14(4)17-6-5-16-18-13(3)10-19-16/h7-10,14,17H,5-6H2,1-4H3. The maximum Gasteiger partial charge on any atom is 0.0940 e. The van der Waals surface area contributed by atoms with Crippen LogP contribution in [0.15, 0.2) is 23.6 Å². The molecule has 1 atom stereocenters. The van der Waals surface area contributed by atoms with Crippen LogP contribution in [0.25, 0.3) is 0 Å². The fourth-order valence-electron chi connectivity index (χ4n) is 2.29. The van der Waals surface area contributed by atoms with Crippen LogP contribution in [0.1, 0.15) is 40.4 Å². The highest BCUT2D eigenvalue weighted by atomic mass is 32.1. The van der Waals surface area contributed by atoms with Gasteiger partial charge in [0.15, 0.2) is 0 Å². The number of nitrogens with zero attached hydrogens (tertiary/aromatic N) is 1. The zero-order chi connectivity index (χ0) is 13.8. The summed E-state index contributed by atoms with van der Waals surface area (Å²) in [5.74, 6) is 0. The van der Waals surface area contributed by atoms with Crippen molar-refractivity contribution in [2.45, 2.75) is 40.2 Å². The van der Waals surface area contributed by atoms with E-state index in [0.717, 1.165) is 18.7 Å². The molecule has 0 spiro atoms. The average molecular weight is 274 g/mol. The number of hydrogen-bond acceptors (Lipinski definition) is 3. The molecule has 0 bridgehead atoms. The minimum atomic E-state index is 0.389. The van der Waals surface area contributed by atoms with E-state index in [9.17, 15) is 0 Å². The molecule has 0 amide bonds. The van der Waals surface area contributed by atoms with Crippen molar-refractivity contribution in [3.8, 4) is 0 Å². The molecular formula is C16H22N2S. The van der Waals surface area contributed by atoms with E-state index in [2.05, 4.69) is 54.7 Å². The number of aryl methyl sites for hydroxylation is 3. The van der Waals surface area contributed by atoms with Crippen LogP contribution in [0.4, 0.5) is 0 Å². The van der Waals surface area contributed by atoms with Crippen molar-refractivity contribution < 1.29 is 0 Å². The van der Waals surface area contributed by atoms with Gasteiger partial charge in [0.25, 0.3) is 0 Å². The van der Waals surface area contributed by atoms with Gasteiger partial charge in [0, 0.05) is 30.1 Å². The third-order valence-electron chi connectivity index (χ3n) is 3.20. The number of rotatable bonds is 5. The van der Waals surface area contributed by atoms with Gasteiger partial charge in [-0.25, -0.2) is 4.98 Å². The number of aromatic nitrogens is 1. The first-order valence-corrected chi connectivity index (χ1v) is 7.65. The Morgan fingerprint density at radius 1 is 1.16 bits per heavy atom. The zero-order valence-electron chi connectivity index (χ0n) is 12.2. The lowest BCUT2D eigenvalue weighted by Gasteiger charge is -2.15. The first kappa shape index (κ1) is 14.2. The third-order valence-corrected chi connectivity index (χ3v) is 4.23. The molecule has 2 rings (SSSR count). The maximum absolute atomic E-state index is 4.49. The Labute approximate surface area is 119 Å². The highest BCUT2D eigenvalue weighted by Crippen LogP contribution is 2.16. The van der Waals surface area contributed by atoms with E-state index in [1.807, 2.05) is 6.92 Å².